The molecule has 0 aromatic carbocycles. The standard InChI is InChI=1S/C11H17N3O2S/c1-8(17(2)16)6-14-11(15)5-10-4-3-9(12)7-13-10/h3-4,7-8H,5-6,12H2,1-2H3,(H,14,15). The zero-order valence-electron chi connectivity index (χ0n) is 9.97. The number of nitrogens with one attached hydrogen (secondary N) is 1. The van der Waals surface area contributed by atoms with Crippen LogP contribution in [0.3, 0.4) is 0 Å². The molecule has 0 aliphatic heterocycles. The zero-order chi connectivity index (χ0) is 12.8. The first-order chi connectivity index (χ1) is 7.99. The quantitative estimate of drug-likeness (QED) is 0.781. The van der Waals surface area contributed by atoms with Crippen LogP contribution >= 0.6 is 0 Å². The van der Waals surface area contributed by atoms with Gasteiger partial charge in [0.15, 0.2) is 0 Å². The van der Waals surface area contributed by atoms with E-state index in [1.807, 2.05) is 6.92 Å². The van der Waals surface area contributed by atoms with E-state index in [-0.39, 0.29) is 17.6 Å². The second-order valence-electron chi connectivity index (χ2n) is 3.87. The fourth-order valence-corrected chi connectivity index (χ4v) is 1.46. The van der Waals surface area contributed by atoms with Crippen LogP contribution in [0, 0.1) is 0 Å². The van der Waals surface area contributed by atoms with Crippen LogP contribution in [0.2, 0.25) is 0 Å². The summed E-state index contributed by atoms with van der Waals surface area (Å²) in [4.78, 5) is 15.6. The van der Waals surface area contributed by atoms with Crippen molar-refractivity contribution in [2.24, 2.45) is 0 Å². The number of amides is 1. The smallest absolute Gasteiger partial charge is 0.226 e. The van der Waals surface area contributed by atoms with E-state index in [4.69, 9.17) is 5.73 Å². The molecule has 1 amide bonds. The Morgan fingerprint density at radius 3 is 2.82 bits per heavy atom. The second-order valence-corrected chi connectivity index (χ2v) is 5.67. The molecule has 2 atom stereocenters. The van der Waals surface area contributed by atoms with Crippen molar-refractivity contribution in [1.82, 2.24) is 10.3 Å². The van der Waals surface area contributed by atoms with Gasteiger partial charge in [0, 0.05) is 34.5 Å². The van der Waals surface area contributed by atoms with Gasteiger partial charge in [0.25, 0.3) is 0 Å². The highest BCUT2D eigenvalue weighted by Gasteiger charge is 2.09. The average Bonchev–Trinajstić information content (AvgIpc) is 2.29. The molecule has 5 nitrogen and oxygen atoms in total. The molecular weight excluding hydrogens is 238 g/mol. The van der Waals surface area contributed by atoms with Crippen molar-refractivity contribution in [2.45, 2.75) is 18.6 Å². The third-order valence-electron chi connectivity index (χ3n) is 2.34. The Hall–Kier alpha value is -1.43. The fourth-order valence-electron chi connectivity index (χ4n) is 1.14. The number of carbonyl (C=O) groups excluding carboxylic acids is 1. The van der Waals surface area contributed by atoms with E-state index < -0.39 is 10.8 Å². The van der Waals surface area contributed by atoms with Crippen LogP contribution in [-0.4, -0.2) is 33.2 Å². The van der Waals surface area contributed by atoms with Crippen molar-refractivity contribution >= 4 is 22.4 Å². The van der Waals surface area contributed by atoms with Crippen LogP contribution in [-0.2, 0) is 22.0 Å². The Morgan fingerprint density at radius 2 is 2.29 bits per heavy atom. The molecule has 0 saturated carbocycles. The number of pyridine rings is 1. The van der Waals surface area contributed by atoms with Crippen LogP contribution < -0.4 is 11.1 Å². The van der Waals surface area contributed by atoms with E-state index >= 15 is 0 Å². The highest BCUT2D eigenvalue weighted by Crippen LogP contribution is 2.01. The number of nitrogens with two attached hydrogens (primary N) is 1. The van der Waals surface area contributed by atoms with Gasteiger partial charge in [-0.05, 0) is 19.1 Å². The predicted molar refractivity (Wildman–Crippen MR) is 68.9 cm³/mol. The van der Waals surface area contributed by atoms with Crippen LogP contribution in [0.25, 0.3) is 0 Å². The Kier molecular flexibility index (Phi) is 5.09. The van der Waals surface area contributed by atoms with E-state index in [0.29, 0.717) is 17.9 Å². The van der Waals surface area contributed by atoms with Gasteiger partial charge in [-0.2, -0.15) is 0 Å². The van der Waals surface area contributed by atoms with E-state index in [1.54, 1.807) is 18.4 Å². The maximum absolute atomic E-state index is 11.5. The lowest BCUT2D eigenvalue weighted by molar-refractivity contribution is -0.120. The highest BCUT2D eigenvalue weighted by molar-refractivity contribution is 7.84. The van der Waals surface area contributed by atoms with Gasteiger partial charge in [-0.25, -0.2) is 0 Å². The second kappa shape index (κ2) is 6.34. The maximum atomic E-state index is 11.5. The molecule has 0 saturated heterocycles. The third-order valence-corrected chi connectivity index (χ3v) is 3.64. The molecule has 0 spiro atoms. The molecule has 3 N–H and O–H groups in total. The van der Waals surface area contributed by atoms with Gasteiger partial charge in [-0.3, -0.25) is 14.0 Å². The summed E-state index contributed by atoms with van der Waals surface area (Å²) >= 11 is 0. The number of aromatic nitrogens is 1. The number of carbonyl (C=O) groups is 1. The van der Waals surface area contributed by atoms with Crippen LogP contribution in [0.1, 0.15) is 12.6 Å². The molecule has 0 radical (unpaired) electrons. The first-order valence-electron chi connectivity index (χ1n) is 5.28. The van der Waals surface area contributed by atoms with Crippen molar-refractivity contribution in [3.05, 3.63) is 24.0 Å². The first-order valence-corrected chi connectivity index (χ1v) is 6.90. The molecule has 0 fully saturated rings. The molecule has 6 heteroatoms. The Labute approximate surface area is 103 Å². The lowest BCUT2D eigenvalue weighted by Gasteiger charge is -2.09. The number of hydrogen-bond donors (Lipinski definition) is 2. The monoisotopic (exact) mass is 255 g/mol. The number of rotatable bonds is 5. The predicted octanol–water partition coefficient (Wildman–Crippen LogP) is 0.0895. The van der Waals surface area contributed by atoms with Crippen molar-refractivity contribution in [3.8, 4) is 0 Å². The van der Waals surface area contributed by atoms with Crippen molar-refractivity contribution in [1.29, 1.82) is 0 Å². The molecule has 94 valence electrons. The summed E-state index contributed by atoms with van der Waals surface area (Å²) in [6, 6.07) is 3.43. The highest BCUT2D eigenvalue weighted by atomic mass is 32.2. The Morgan fingerprint density at radius 1 is 1.59 bits per heavy atom. The summed E-state index contributed by atoms with van der Waals surface area (Å²) < 4.78 is 11.1. The van der Waals surface area contributed by atoms with E-state index in [2.05, 4.69) is 10.3 Å². The fraction of sp³-hybridized carbons (Fsp3) is 0.455. The minimum absolute atomic E-state index is 0.0432. The first kappa shape index (κ1) is 13.6. The summed E-state index contributed by atoms with van der Waals surface area (Å²) in [6.45, 7) is 2.24. The summed E-state index contributed by atoms with van der Waals surface area (Å²) in [7, 11) is -0.923. The lowest BCUT2D eigenvalue weighted by Crippen LogP contribution is -2.33. The number of nitrogen functional groups attached to an aromatic ring is 1. The Bertz CT molecular complexity index is 406. The van der Waals surface area contributed by atoms with Gasteiger partial charge in [-0.15, -0.1) is 0 Å². The summed E-state index contributed by atoms with van der Waals surface area (Å²) in [6.07, 6.45) is 3.36. The number of anilines is 1. The van der Waals surface area contributed by atoms with Crippen molar-refractivity contribution in [3.63, 3.8) is 0 Å². The molecule has 1 rings (SSSR count). The van der Waals surface area contributed by atoms with Gasteiger partial charge < -0.3 is 11.1 Å². The molecule has 1 aromatic heterocycles. The Balaban J connectivity index is 2.39. The van der Waals surface area contributed by atoms with Crippen molar-refractivity contribution < 1.29 is 9.00 Å². The number of nitrogens with zero attached hydrogens (tertiary/aromatic N) is 1. The van der Waals surface area contributed by atoms with Gasteiger partial charge in [-0.1, -0.05) is 0 Å². The molecule has 17 heavy (non-hydrogen) atoms. The molecule has 1 heterocycles. The normalized spacial score (nSPS) is 14.0. The average molecular weight is 255 g/mol. The molecule has 2 unspecified atom stereocenters. The van der Waals surface area contributed by atoms with E-state index in [0.717, 1.165) is 0 Å². The SMILES string of the molecule is CC(CNC(=O)Cc1ccc(N)cn1)S(C)=O. The van der Waals surface area contributed by atoms with E-state index in [1.165, 1.54) is 6.20 Å². The minimum Gasteiger partial charge on any atom is -0.397 e. The van der Waals surface area contributed by atoms with Crippen molar-refractivity contribution in [2.75, 3.05) is 18.5 Å². The molecule has 0 aliphatic rings. The van der Waals surface area contributed by atoms with Crippen LogP contribution in [0.5, 0.6) is 0 Å². The summed E-state index contributed by atoms with van der Waals surface area (Å²) in [5.74, 6) is -0.125. The van der Waals surface area contributed by atoms with Gasteiger partial charge >= 0.3 is 0 Å². The minimum atomic E-state index is -0.923. The largest absolute Gasteiger partial charge is 0.397 e. The van der Waals surface area contributed by atoms with Gasteiger partial charge in [0.1, 0.15) is 0 Å². The molecule has 0 bridgehead atoms. The van der Waals surface area contributed by atoms with E-state index in [9.17, 15) is 9.00 Å². The molecule has 1 aromatic rings. The summed E-state index contributed by atoms with van der Waals surface area (Å²) in [5, 5.41) is 2.68. The molecular formula is C11H17N3O2S. The van der Waals surface area contributed by atoms with Gasteiger partial charge in [0.2, 0.25) is 5.91 Å². The third kappa shape index (κ3) is 4.95. The molecule has 0 aliphatic carbocycles. The van der Waals surface area contributed by atoms with Gasteiger partial charge in [0.05, 0.1) is 18.3 Å². The zero-order valence-corrected chi connectivity index (χ0v) is 10.8. The summed E-state index contributed by atoms with van der Waals surface area (Å²) in [5.41, 5.74) is 6.73. The topological polar surface area (TPSA) is 85.1 Å². The lowest BCUT2D eigenvalue weighted by atomic mass is 10.2. The number of hydrogen-bond acceptors (Lipinski definition) is 4. The maximum Gasteiger partial charge on any atom is 0.226 e. The van der Waals surface area contributed by atoms with Crippen LogP contribution in [0.4, 0.5) is 5.69 Å². The van der Waals surface area contributed by atoms with Crippen LogP contribution in [0.15, 0.2) is 18.3 Å².